The van der Waals surface area contributed by atoms with Gasteiger partial charge in [-0.25, -0.2) is 0 Å². The minimum atomic E-state index is 0.266. The summed E-state index contributed by atoms with van der Waals surface area (Å²) in [7, 11) is 2.11. The lowest BCUT2D eigenvalue weighted by Crippen LogP contribution is -2.29. The van der Waals surface area contributed by atoms with Gasteiger partial charge in [-0.2, -0.15) is 0 Å². The lowest BCUT2D eigenvalue weighted by Gasteiger charge is -2.23. The molecular weight excluding hydrogens is 206 g/mol. The molecule has 1 heteroatoms. The molecule has 1 rings (SSSR count). The zero-order valence-corrected chi connectivity index (χ0v) is 11.0. The fourth-order valence-corrected chi connectivity index (χ4v) is 2.00. The Morgan fingerprint density at radius 3 is 2.53 bits per heavy atom. The van der Waals surface area contributed by atoms with Crippen LogP contribution < -0.4 is 0 Å². The minimum absolute atomic E-state index is 0.266. The second-order valence-corrected chi connectivity index (χ2v) is 4.58. The third-order valence-electron chi connectivity index (χ3n) is 3.08. The second-order valence-electron chi connectivity index (χ2n) is 4.58. The zero-order chi connectivity index (χ0) is 12.5. The van der Waals surface area contributed by atoms with Crippen LogP contribution in [0.2, 0.25) is 0 Å². The average molecular weight is 229 g/mol. The van der Waals surface area contributed by atoms with Crippen LogP contribution in [0.4, 0.5) is 0 Å². The Labute approximate surface area is 106 Å². The molecule has 0 saturated heterocycles. The normalized spacial score (nSPS) is 12.4. The Morgan fingerprint density at radius 1 is 1.24 bits per heavy atom. The third kappa shape index (κ3) is 5.06. The number of benzene rings is 1. The van der Waals surface area contributed by atoms with Crippen LogP contribution in [0.3, 0.4) is 0 Å². The van der Waals surface area contributed by atoms with Crippen molar-refractivity contribution in [3.05, 3.63) is 35.9 Å². The van der Waals surface area contributed by atoms with Gasteiger partial charge in [0.1, 0.15) is 0 Å². The molecule has 0 aliphatic rings. The number of unbranched alkanes of at least 4 members (excludes halogenated alkanes) is 2. The molecule has 0 N–H and O–H groups in total. The van der Waals surface area contributed by atoms with Crippen LogP contribution in [-0.2, 0) is 6.54 Å². The SMILES string of the molecule is C#CC(CCCCC)N(C)Cc1ccccc1. The molecule has 1 nitrogen and oxygen atoms in total. The topological polar surface area (TPSA) is 3.24 Å². The van der Waals surface area contributed by atoms with Gasteiger partial charge >= 0.3 is 0 Å². The van der Waals surface area contributed by atoms with Crippen molar-refractivity contribution in [2.24, 2.45) is 0 Å². The molecule has 1 unspecified atom stereocenters. The summed E-state index contributed by atoms with van der Waals surface area (Å²) < 4.78 is 0. The standard InChI is InChI=1S/C16H23N/c1-4-6-8-13-16(5-2)17(3)14-15-11-9-7-10-12-15/h2,7,9-12,16H,4,6,8,13-14H2,1,3H3. The van der Waals surface area contributed by atoms with E-state index in [-0.39, 0.29) is 6.04 Å². The van der Waals surface area contributed by atoms with E-state index in [1.165, 1.54) is 24.8 Å². The summed E-state index contributed by atoms with van der Waals surface area (Å²) in [5.41, 5.74) is 1.32. The van der Waals surface area contributed by atoms with Gasteiger partial charge in [0.25, 0.3) is 0 Å². The maximum Gasteiger partial charge on any atom is 0.0712 e. The van der Waals surface area contributed by atoms with E-state index < -0.39 is 0 Å². The lowest BCUT2D eigenvalue weighted by atomic mass is 10.1. The van der Waals surface area contributed by atoms with Gasteiger partial charge in [0.2, 0.25) is 0 Å². The first-order chi connectivity index (χ1) is 8.27. The van der Waals surface area contributed by atoms with Gasteiger partial charge in [0, 0.05) is 6.54 Å². The van der Waals surface area contributed by atoms with Gasteiger partial charge in [0.15, 0.2) is 0 Å². The van der Waals surface area contributed by atoms with Crippen LogP contribution in [0.5, 0.6) is 0 Å². The van der Waals surface area contributed by atoms with Crippen molar-refractivity contribution in [3.8, 4) is 12.3 Å². The van der Waals surface area contributed by atoms with Crippen molar-refractivity contribution >= 4 is 0 Å². The van der Waals surface area contributed by atoms with Crippen molar-refractivity contribution in [3.63, 3.8) is 0 Å². The lowest BCUT2D eigenvalue weighted by molar-refractivity contribution is 0.265. The largest absolute Gasteiger partial charge is 0.289 e. The summed E-state index contributed by atoms with van der Waals surface area (Å²) in [5.74, 6) is 2.91. The third-order valence-corrected chi connectivity index (χ3v) is 3.08. The fourth-order valence-electron chi connectivity index (χ4n) is 2.00. The average Bonchev–Trinajstić information content (AvgIpc) is 2.36. The first-order valence-corrected chi connectivity index (χ1v) is 6.48. The fraction of sp³-hybridized carbons (Fsp3) is 0.500. The highest BCUT2D eigenvalue weighted by Gasteiger charge is 2.11. The smallest absolute Gasteiger partial charge is 0.0712 e. The van der Waals surface area contributed by atoms with E-state index in [1.807, 2.05) is 6.07 Å². The van der Waals surface area contributed by atoms with E-state index in [9.17, 15) is 0 Å². The highest BCUT2D eigenvalue weighted by Crippen LogP contribution is 2.11. The molecule has 0 fully saturated rings. The molecule has 0 bridgehead atoms. The Bertz CT molecular complexity index is 336. The maximum atomic E-state index is 5.62. The van der Waals surface area contributed by atoms with Crippen molar-refractivity contribution in [1.82, 2.24) is 4.90 Å². The molecule has 0 aliphatic heterocycles. The van der Waals surface area contributed by atoms with E-state index in [0.29, 0.717) is 0 Å². The molecule has 1 aromatic rings. The highest BCUT2D eigenvalue weighted by atomic mass is 15.1. The van der Waals surface area contributed by atoms with Crippen molar-refractivity contribution < 1.29 is 0 Å². The molecule has 0 radical (unpaired) electrons. The highest BCUT2D eigenvalue weighted by molar-refractivity contribution is 5.15. The molecule has 0 spiro atoms. The van der Waals surface area contributed by atoms with Gasteiger partial charge in [-0.05, 0) is 19.0 Å². The van der Waals surface area contributed by atoms with E-state index in [1.54, 1.807) is 0 Å². The molecule has 1 aromatic carbocycles. The summed E-state index contributed by atoms with van der Waals surface area (Å²) in [6, 6.07) is 10.8. The van der Waals surface area contributed by atoms with Gasteiger partial charge < -0.3 is 0 Å². The first kappa shape index (κ1) is 13.8. The maximum absolute atomic E-state index is 5.62. The number of hydrogen-bond acceptors (Lipinski definition) is 1. The minimum Gasteiger partial charge on any atom is -0.289 e. The summed E-state index contributed by atoms with van der Waals surface area (Å²) in [6.45, 7) is 3.15. The van der Waals surface area contributed by atoms with E-state index in [4.69, 9.17) is 6.42 Å². The Balaban J connectivity index is 2.44. The summed E-state index contributed by atoms with van der Waals surface area (Å²) in [6.07, 6.45) is 10.5. The number of hydrogen-bond donors (Lipinski definition) is 0. The van der Waals surface area contributed by atoms with Crippen LogP contribution in [0.1, 0.15) is 38.2 Å². The van der Waals surface area contributed by atoms with Crippen molar-refractivity contribution in [2.45, 2.75) is 45.2 Å². The molecule has 17 heavy (non-hydrogen) atoms. The predicted molar refractivity (Wildman–Crippen MR) is 74.7 cm³/mol. The summed E-state index contributed by atoms with van der Waals surface area (Å²) in [5, 5.41) is 0. The molecule has 0 aliphatic carbocycles. The van der Waals surface area contributed by atoms with Crippen LogP contribution in [0, 0.1) is 12.3 Å². The van der Waals surface area contributed by atoms with Gasteiger partial charge in [0.05, 0.1) is 6.04 Å². The van der Waals surface area contributed by atoms with Gasteiger partial charge in [-0.3, -0.25) is 4.90 Å². The first-order valence-electron chi connectivity index (χ1n) is 6.48. The van der Waals surface area contributed by atoms with E-state index in [2.05, 4.69) is 49.1 Å². The molecule has 92 valence electrons. The Kier molecular flexibility index (Phi) is 6.43. The van der Waals surface area contributed by atoms with Gasteiger partial charge in [-0.1, -0.05) is 62.4 Å². The molecule has 0 amide bonds. The van der Waals surface area contributed by atoms with Crippen LogP contribution >= 0.6 is 0 Å². The molecule has 1 atom stereocenters. The predicted octanol–water partition coefficient (Wildman–Crippen LogP) is 3.70. The number of nitrogens with zero attached hydrogens (tertiary/aromatic N) is 1. The quantitative estimate of drug-likeness (QED) is 0.509. The second kappa shape index (κ2) is 7.92. The molecular formula is C16H23N. The van der Waals surface area contributed by atoms with Crippen molar-refractivity contribution in [1.29, 1.82) is 0 Å². The molecule has 0 heterocycles. The van der Waals surface area contributed by atoms with E-state index >= 15 is 0 Å². The van der Waals surface area contributed by atoms with Crippen molar-refractivity contribution in [2.75, 3.05) is 7.05 Å². The van der Waals surface area contributed by atoms with Crippen LogP contribution in [-0.4, -0.2) is 18.0 Å². The summed E-state index contributed by atoms with van der Waals surface area (Å²) in [4.78, 5) is 2.27. The summed E-state index contributed by atoms with van der Waals surface area (Å²) >= 11 is 0. The zero-order valence-electron chi connectivity index (χ0n) is 11.0. The van der Waals surface area contributed by atoms with Crippen LogP contribution in [0.15, 0.2) is 30.3 Å². The Morgan fingerprint density at radius 2 is 1.94 bits per heavy atom. The molecule has 0 saturated carbocycles. The number of rotatable bonds is 7. The molecule has 0 aromatic heterocycles. The van der Waals surface area contributed by atoms with Crippen LogP contribution in [0.25, 0.3) is 0 Å². The monoisotopic (exact) mass is 229 g/mol. The Hall–Kier alpha value is -1.26. The van der Waals surface area contributed by atoms with E-state index in [0.717, 1.165) is 13.0 Å². The van der Waals surface area contributed by atoms with Gasteiger partial charge in [-0.15, -0.1) is 6.42 Å². The number of terminal acetylenes is 1.